The van der Waals surface area contributed by atoms with Crippen LogP contribution in [-0.4, -0.2) is 10.9 Å². The molecule has 4 heteroatoms. The highest BCUT2D eigenvalue weighted by molar-refractivity contribution is 7.18. The molecule has 0 aliphatic heterocycles. The van der Waals surface area contributed by atoms with Crippen molar-refractivity contribution in [3.05, 3.63) is 29.3 Å². The Morgan fingerprint density at radius 1 is 1.50 bits per heavy atom. The minimum absolute atomic E-state index is 0.0238. The normalized spacial score (nSPS) is 10.4. The number of thiazole rings is 1. The number of nitrogens with one attached hydrogen (secondary N) is 1. The third kappa shape index (κ3) is 1.90. The predicted octanol–water partition coefficient (Wildman–Crippen LogP) is 1.93. The molecule has 0 unspecified atom stereocenters. The molecule has 2 aromatic rings. The fraction of sp³-hybridized carbons (Fsp3) is 0.200. The molecular weight excluding hydrogens is 196 g/mol. The minimum atomic E-state index is -0.0238. The first-order chi connectivity index (χ1) is 6.75. The number of carbonyl (C=O) groups excluding carboxylic acids is 1. The van der Waals surface area contributed by atoms with Gasteiger partial charge in [-0.15, -0.1) is 11.3 Å². The van der Waals surface area contributed by atoms with E-state index in [0.717, 1.165) is 15.2 Å². The molecule has 1 amide bonds. The number of amides is 1. The topological polar surface area (TPSA) is 42.0 Å². The lowest BCUT2D eigenvalue weighted by molar-refractivity contribution is -0.119. The van der Waals surface area contributed by atoms with Gasteiger partial charge >= 0.3 is 0 Å². The maximum absolute atomic E-state index is 10.7. The van der Waals surface area contributed by atoms with E-state index in [-0.39, 0.29) is 5.91 Å². The molecule has 0 fully saturated rings. The Bertz CT molecular complexity index is 431. The van der Waals surface area contributed by atoms with Crippen LogP contribution in [0.5, 0.6) is 0 Å². The summed E-state index contributed by atoms with van der Waals surface area (Å²) in [5.41, 5.74) is 0.998. The molecule has 1 heterocycles. The summed E-state index contributed by atoms with van der Waals surface area (Å²) in [6.45, 7) is 2.03. The summed E-state index contributed by atoms with van der Waals surface area (Å²) in [5.74, 6) is -0.0238. The van der Waals surface area contributed by atoms with Gasteiger partial charge in [-0.3, -0.25) is 4.79 Å². The molecule has 0 saturated carbocycles. The van der Waals surface area contributed by atoms with Crippen LogP contribution >= 0.6 is 11.3 Å². The van der Waals surface area contributed by atoms with Gasteiger partial charge in [-0.25, -0.2) is 4.98 Å². The summed E-state index contributed by atoms with van der Waals surface area (Å²) < 4.78 is 1.16. The van der Waals surface area contributed by atoms with E-state index in [1.807, 2.05) is 24.3 Å². The number of para-hydroxylation sites is 1. The summed E-state index contributed by atoms with van der Waals surface area (Å²) in [5, 5.41) is 3.68. The van der Waals surface area contributed by atoms with E-state index < -0.39 is 0 Å². The van der Waals surface area contributed by atoms with E-state index in [2.05, 4.69) is 10.3 Å². The van der Waals surface area contributed by atoms with Gasteiger partial charge in [-0.05, 0) is 12.1 Å². The average molecular weight is 206 g/mol. The molecule has 0 aliphatic rings. The second kappa shape index (κ2) is 3.75. The maximum Gasteiger partial charge on any atom is 0.217 e. The van der Waals surface area contributed by atoms with E-state index in [9.17, 15) is 4.79 Å². The van der Waals surface area contributed by atoms with E-state index in [0.29, 0.717) is 6.54 Å². The van der Waals surface area contributed by atoms with Crippen LogP contribution in [0.1, 0.15) is 11.9 Å². The third-order valence-electron chi connectivity index (χ3n) is 1.83. The first-order valence-electron chi connectivity index (χ1n) is 4.34. The standard InChI is InChI=1S/C10H10N2OS/c1-7(13)11-6-10-12-8-4-2-3-5-9(8)14-10/h2-5H,6H2,1H3,(H,11,13). The van der Waals surface area contributed by atoms with Crippen molar-refractivity contribution in [1.82, 2.24) is 10.3 Å². The van der Waals surface area contributed by atoms with Crippen molar-refractivity contribution in [2.45, 2.75) is 13.5 Å². The van der Waals surface area contributed by atoms with Gasteiger partial charge in [0, 0.05) is 6.92 Å². The summed E-state index contributed by atoms with van der Waals surface area (Å²) in [6.07, 6.45) is 0. The van der Waals surface area contributed by atoms with Gasteiger partial charge < -0.3 is 5.32 Å². The van der Waals surface area contributed by atoms with Crippen LogP contribution in [0.2, 0.25) is 0 Å². The fourth-order valence-corrected chi connectivity index (χ4v) is 2.10. The summed E-state index contributed by atoms with van der Waals surface area (Å²) in [4.78, 5) is 15.1. The van der Waals surface area contributed by atoms with Crippen LogP contribution in [-0.2, 0) is 11.3 Å². The molecule has 2 rings (SSSR count). The Morgan fingerprint density at radius 3 is 3.00 bits per heavy atom. The summed E-state index contributed by atoms with van der Waals surface area (Å²) in [6, 6.07) is 7.96. The quantitative estimate of drug-likeness (QED) is 0.815. The monoisotopic (exact) mass is 206 g/mol. The van der Waals surface area contributed by atoms with Crippen LogP contribution in [0.3, 0.4) is 0 Å². The zero-order chi connectivity index (χ0) is 9.97. The van der Waals surface area contributed by atoms with E-state index in [4.69, 9.17) is 0 Å². The molecule has 0 spiro atoms. The summed E-state index contributed by atoms with van der Waals surface area (Å²) >= 11 is 1.61. The lowest BCUT2D eigenvalue weighted by Crippen LogP contribution is -2.18. The number of hydrogen-bond donors (Lipinski definition) is 1. The third-order valence-corrected chi connectivity index (χ3v) is 2.86. The second-order valence-corrected chi connectivity index (χ2v) is 4.10. The van der Waals surface area contributed by atoms with E-state index in [1.165, 1.54) is 6.92 Å². The van der Waals surface area contributed by atoms with Crippen LogP contribution < -0.4 is 5.32 Å². The van der Waals surface area contributed by atoms with Crippen molar-refractivity contribution < 1.29 is 4.79 Å². The Kier molecular flexibility index (Phi) is 2.45. The number of hydrogen-bond acceptors (Lipinski definition) is 3. The molecule has 0 bridgehead atoms. The van der Waals surface area contributed by atoms with Gasteiger partial charge in [0.05, 0.1) is 16.8 Å². The summed E-state index contributed by atoms with van der Waals surface area (Å²) in [7, 11) is 0. The van der Waals surface area contributed by atoms with E-state index >= 15 is 0 Å². The van der Waals surface area contributed by atoms with Gasteiger partial charge in [-0.1, -0.05) is 12.1 Å². The fourth-order valence-electron chi connectivity index (χ4n) is 1.20. The lowest BCUT2D eigenvalue weighted by Gasteiger charge is -1.95. The first-order valence-corrected chi connectivity index (χ1v) is 5.16. The van der Waals surface area contributed by atoms with Crippen LogP contribution in [0, 0.1) is 0 Å². The number of benzene rings is 1. The Hall–Kier alpha value is -1.42. The van der Waals surface area contributed by atoms with Crippen molar-refractivity contribution in [3.63, 3.8) is 0 Å². The number of carbonyl (C=O) groups is 1. The van der Waals surface area contributed by atoms with Crippen LogP contribution in [0.25, 0.3) is 10.2 Å². The molecule has 3 nitrogen and oxygen atoms in total. The molecular formula is C10H10N2OS. The van der Waals surface area contributed by atoms with Gasteiger partial charge in [-0.2, -0.15) is 0 Å². The van der Waals surface area contributed by atoms with E-state index in [1.54, 1.807) is 11.3 Å². The smallest absolute Gasteiger partial charge is 0.217 e. The molecule has 1 N–H and O–H groups in total. The van der Waals surface area contributed by atoms with Gasteiger partial charge in [0.15, 0.2) is 0 Å². The van der Waals surface area contributed by atoms with Gasteiger partial charge in [0.25, 0.3) is 0 Å². The molecule has 72 valence electrons. The van der Waals surface area contributed by atoms with Crippen molar-refractivity contribution >= 4 is 27.5 Å². The molecule has 0 radical (unpaired) electrons. The average Bonchev–Trinajstić information content (AvgIpc) is 2.57. The SMILES string of the molecule is CC(=O)NCc1nc2ccccc2s1. The number of nitrogens with zero attached hydrogens (tertiary/aromatic N) is 1. The van der Waals surface area contributed by atoms with Crippen LogP contribution in [0.15, 0.2) is 24.3 Å². The molecule has 1 aromatic carbocycles. The minimum Gasteiger partial charge on any atom is -0.350 e. The highest BCUT2D eigenvalue weighted by atomic mass is 32.1. The number of fused-ring (bicyclic) bond motifs is 1. The van der Waals surface area contributed by atoms with Crippen molar-refractivity contribution in [2.24, 2.45) is 0 Å². The number of rotatable bonds is 2. The Balaban J connectivity index is 2.22. The van der Waals surface area contributed by atoms with Crippen molar-refractivity contribution in [3.8, 4) is 0 Å². The first kappa shape index (κ1) is 9.15. The van der Waals surface area contributed by atoms with Crippen molar-refractivity contribution in [1.29, 1.82) is 0 Å². The number of aromatic nitrogens is 1. The predicted molar refractivity (Wildman–Crippen MR) is 57.1 cm³/mol. The Labute approximate surface area is 85.8 Å². The van der Waals surface area contributed by atoms with Crippen molar-refractivity contribution in [2.75, 3.05) is 0 Å². The molecule has 1 aromatic heterocycles. The highest BCUT2D eigenvalue weighted by Gasteiger charge is 2.02. The zero-order valence-corrected chi connectivity index (χ0v) is 8.60. The molecule has 0 aliphatic carbocycles. The second-order valence-electron chi connectivity index (χ2n) is 2.99. The molecule has 14 heavy (non-hydrogen) atoms. The lowest BCUT2D eigenvalue weighted by atomic mass is 10.3. The maximum atomic E-state index is 10.7. The highest BCUT2D eigenvalue weighted by Crippen LogP contribution is 2.20. The largest absolute Gasteiger partial charge is 0.350 e. The molecule has 0 saturated heterocycles. The van der Waals surface area contributed by atoms with Gasteiger partial charge in [0.2, 0.25) is 5.91 Å². The zero-order valence-electron chi connectivity index (χ0n) is 7.78. The molecule has 0 atom stereocenters. The van der Waals surface area contributed by atoms with Gasteiger partial charge in [0.1, 0.15) is 5.01 Å². The Morgan fingerprint density at radius 2 is 2.29 bits per heavy atom. The van der Waals surface area contributed by atoms with Crippen LogP contribution in [0.4, 0.5) is 0 Å².